The largest absolute Gasteiger partial charge is 0.298 e. The van der Waals surface area contributed by atoms with Crippen molar-refractivity contribution in [3.05, 3.63) is 32.4 Å². The van der Waals surface area contributed by atoms with Crippen molar-refractivity contribution in [1.29, 1.82) is 5.26 Å². The van der Waals surface area contributed by atoms with E-state index in [1.807, 2.05) is 28.7 Å². The molecule has 0 aliphatic heterocycles. The second-order valence-corrected chi connectivity index (χ2v) is 4.02. The van der Waals surface area contributed by atoms with Crippen LogP contribution >= 0.6 is 34.2 Å². The second kappa shape index (κ2) is 5.24. The maximum atomic E-state index is 11.5. The Morgan fingerprint density at radius 3 is 2.73 bits per heavy atom. The van der Waals surface area contributed by atoms with E-state index in [0.29, 0.717) is 15.4 Å². The van der Waals surface area contributed by atoms with Gasteiger partial charge in [-0.15, -0.1) is 11.6 Å². The van der Waals surface area contributed by atoms with E-state index in [2.05, 4.69) is 0 Å². The molecule has 0 saturated heterocycles. The SMILES string of the molecule is N#Cc1ccc(C=O)c(I)c1C(=O)CCl. The van der Waals surface area contributed by atoms with Crippen LogP contribution in [0.3, 0.4) is 0 Å². The standard InChI is InChI=1S/C10H5ClINO2/c11-3-8(15)9-6(4-13)1-2-7(5-14)10(9)12/h1-2,5H,3H2. The van der Waals surface area contributed by atoms with Crippen LogP contribution in [-0.2, 0) is 0 Å². The van der Waals surface area contributed by atoms with Crippen LogP contribution in [0.5, 0.6) is 0 Å². The topological polar surface area (TPSA) is 57.9 Å². The Labute approximate surface area is 105 Å². The highest BCUT2D eigenvalue weighted by Crippen LogP contribution is 2.21. The van der Waals surface area contributed by atoms with E-state index in [0.717, 1.165) is 0 Å². The van der Waals surface area contributed by atoms with Crippen LogP contribution in [-0.4, -0.2) is 17.9 Å². The van der Waals surface area contributed by atoms with Gasteiger partial charge in [0.25, 0.3) is 0 Å². The van der Waals surface area contributed by atoms with Crippen LogP contribution in [0.15, 0.2) is 12.1 Å². The van der Waals surface area contributed by atoms with E-state index in [4.69, 9.17) is 16.9 Å². The Morgan fingerprint density at radius 2 is 2.27 bits per heavy atom. The third-order valence-electron chi connectivity index (χ3n) is 1.82. The fourth-order valence-corrected chi connectivity index (χ4v) is 2.15. The fourth-order valence-electron chi connectivity index (χ4n) is 1.12. The minimum Gasteiger partial charge on any atom is -0.298 e. The van der Waals surface area contributed by atoms with E-state index in [9.17, 15) is 9.59 Å². The summed E-state index contributed by atoms with van der Waals surface area (Å²) in [7, 11) is 0. The first-order valence-electron chi connectivity index (χ1n) is 3.92. The lowest BCUT2D eigenvalue weighted by molar-refractivity contribution is 0.102. The van der Waals surface area contributed by atoms with E-state index in [1.54, 1.807) is 0 Å². The normalized spacial score (nSPS) is 9.40. The Bertz CT molecular complexity index is 465. The van der Waals surface area contributed by atoms with Crippen molar-refractivity contribution in [1.82, 2.24) is 0 Å². The molecule has 0 aliphatic carbocycles. The molecular formula is C10H5ClINO2. The van der Waals surface area contributed by atoms with Crippen molar-refractivity contribution < 1.29 is 9.59 Å². The van der Waals surface area contributed by atoms with Crippen LogP contribution in [0.1, 0.15) is 26.3 Å². The zero-order chi connectivity index (χ0) is 11.4. The number of alkyl halides is 1. The summed E-state index contributed by atoms with van der Waals surface area (Å²) in [5, 5.41) is 8.81. The molecule has 0 amide bonds. The van der Waals surface area contributed by atoms with Gasteiger partial charge in [0.1, 0.15) is 0 Å². The molecule has 0 unspecified atom stereocenters. The van der Waals surface area contributed by atoms with Crippen molar-refractivity contribution in [2.24, 2.45) is 0 Å². The molecule has 76 valence electrons. The minimum absolute atomic E-state index is 0.201. The Kier molecular flexibility index (Phi) is 4.24. The van der Waals surface area contributed by atoms with Gasteiger partial charge in [-0.25, -0.2) is 0 Å². The summed E-state index contributed by atoms with van der Waals surface area (Å²) < 4.78 is 0.479. The number of hydrogen-bond donors (Lipinski definition) is 0. The summed E-state index contributed by atoms with van der Waals surface area (Å²) in [6.07, 6.45) is 0.647. The quantitative estimate of drug-likeness (QED) is 0.369. The lowest BCUT2D eigenvalue weighted by atomic mass is 10.0. The molecule has 15 heavy (non-hydrogen) atoms. The van der Waals surface area contributed by atoms with E-state index < -0.39 is 0 Å². The van der Waals surface area contributed by atoms with E-state index >= 15 is 0 Å². The Balaban J connectivity index is 3.51. The highest BCUT2D eigenvalue weighted by Gasteiger charge is 2.16. The summed E-state index contributed by atoms with van der Waals surface area (Å²) in [6, 6.07) is 4.87. The number of ketones is 1. The van der Waals surface area contributed by atoms with E-state index in [1.165, 1.54) is 12.1 Å². The number of carbonyl (C=O) groups excluding carboxylic acids is 2. The molecule has 0 bridgehead atoms. The first-order valence-corrected chi connectivity index (χ1v) is 5.54. The summed E-state index contributed by atoms with van der Waals surface area (Å²) in [5.41, 5.74) is 0.872. The van der Waals surface area contributed by atoms with Crippen molar-refractivity contribution in [3.63, 3.8) is 0 Å². The summed E-state index contributed by atoms with van der Waals surface area (Å²) >= 11 is 7.30. The molecule has 0 fully saturated rings. The first-order chi connectivity index (χ1) is 7.15. The molecule has 0 radical (unpaired) electrons. The van der Waals surface area contributed by atoms with Crippen molar-refractivity contribution in [2.45, 2.75) is 0 Å². The van der Waals surface area contributed by atoms with Gasteiger partial charge in [0, 0.05) is 9.13 Å². The van der Waals surface area contributed by atoms with Gasteiger partial charge in [0.2, 0.25) is 0 Å². The van der Waals surface area contributed by atoms with Gasteiger partial charge < -0.3 is 0 Å². The Morgan fingerprint density at radius 1 is 1.60 bits per heavy atom. The monoisotopic (exact) mass is 333 g/mol. The lowest BCUT2D eigenvalue weighted by Gasteiger charge is -2.05. The Hall–Kier alpha value is -0.930. The van der Waals surface area contributed by atoms with Gasteiger partial charge in [-0.05, 0) is 34.7 Å². The third kappa shape index (κ3) is 2.36. The number of nitriles is 1. The van der Waals surface area contributed by atoms with Crippen LogP contribution in [0, 0.1) is 14.9 Å². The van der Waals surface area contributed by atoms with Crippen LogP contribution in [0.4, 0.5) is 0 Å². The summed E-state index contributed by atoms with van der Waals surface area (Å²) in [6.45, 7) is 0. The number of aldehydes is 1. The molecule has 3 nitrogen and oxygen atoms in total. The number of halogens is 2. The van der Waals surface area contributed by atoms with Gasteiger partial charge in [-0.2, -0.15) is 5.26 Å². The number of carbonyl (C=O) groups is 2. The average molecular weight is 334 g/mol. The average Bonchev–Trinajstić information content (AvgIpc) is 2.27. The number of Topliss-reactive ketones (excluding diaryl/α,β-unsaturated/α-hetero) is 1. The predicted molar refractivity (Wildman–Crippen MR) is 64.3 cm³/mol. The fraction of sp³-hybridized carbons (Fsp3) is 0.100. The maximum Gasteiger partial charge on any atom is 0.179 e. The zero-order valence-corrected chi connectivity index (χ0v) is 10.4. The van der Waals surface area contributed by atoms with Gasteiger partial charge >= 0.3 is 0 Å². The molecule has 0 saturated carbocycles. The zero-order valence-electron chi connectivity index (χ0n) is 7.46. The molecule has 0 heterocycles. The highest BCUT2D eigenvalue weighted by molar-refractivity contribution is 14.1. The maximum absolute atomic E-state index is 11.5. The van der Waals surface area contributed by atoms with Crippen LogP contribution < -0.4 is 0 Å². The molecule has 0 spiro atoms. The molecule has 0 aliphatic rings. The molecule has 0 N–H and O–H groups in total. The van der Waals surface area contributed by atoms with Crippen LogP contribution in [0.2, 0.25) is 0 Å². The van der Waals surface area contributed by atoms with Gasteiger partial charge in [0.05, 0.1) is 23.1 Å². The lowest BCUT2D eigenvalue weighted by Crippen LogP contribution is -2.08. The molecular weight excluding hydrogens is 328 g/mol. The molecule has 1 aromatic rings. The van der Waals surface area contributed by atoms with Crippen LogP contribution in [0.25, 0.3) is 0 Å². The first kappa shape index (κ1) is 12.1. The van der Waals surface area contributed by atoms with Gasteiger partial charge in [-0.1, -0.05) is 0 Å². The van der Waals surface area contributed by atoms with Crippen molar-refractivity contribution >= 4 is 46.3 Å². The molecule has 1 aromatic carbocycles. The predicted octanol–water partition coefficient (Wildman–Crippen LogP) is 2.40. The number of benzene rings is 1. The summed E-state index contributed by atoms with van der Waals surface area (Å²) in [4.78, 5) is 22.1. The number of hydrogen-bond acceptors (Lipinski definition) is 3. The van der Waals surface area contributed by atoms with Gasteiger partial charge in [-0.3, -0.25) is 9.59 Å². The number of rotatable bonds is 3. The number of nitrogens with zero attached hydrogens (tertiary/aromatic N) is 1. The summed E-state index contributed by atoms with van der Waals surface area (Å²) in [5.74, 6) is -0.547. The molecule has 0 aromatic heterocycles. The van der Waals surface area contributed by atoms with Crippen molar-refractivity contribution in [2.75, 3.05) is 5.88 Å². The van der Waals surface area contributed by atoms with Crippen molar-refractivity contribution in [3.8, 4) is 6.07 Å². The second-order valence-electron chi connectivity index (χ2n) is 2.68. The molecule has 0 atom stereocenters. The minimum atomic E-state index is -0.346. The molecule has 5 heteroatoms. The molecule has 1 rings (SSSR count). The van der Waals surface area contributed by atoms with Gasteiger partial charge in [0.15, 0.2) is 12.1 Å². The van der Waals surface area contributed by atoms with E-state index in [-0.39, 0.29) is 22.8 Å². The highest BCUT2D eigenvalue weighted by atomic mass is 127. The third-order valence-corrected chi connectivity index (χ3v) is 3.22. The smallest absolute Gasteiger partial charge is 0.179 e.